The number of sulfonamides is 1. The fourth-order valence-corrected chi connectivity index (χ4v) is 3.27. The lowest BCUT2D eigenvalue weighted by Crippen LogP contribution is -2.15. The third kappa shape index (κ3) is 3.64. The van der Waals surface area contributed by atoms with Crippen molar-refractivity contribution in [3.63, 3.8) is 0 Å². The number of rotatable bonds is 4. The van der Waals surface area contributed by atoms with Crippen LogP contribution in [0, 0.1) is 0 Å². The molecule has 0 aliphatic rings. The molecule has 0 aromatic heterocycles. The number of nitrogens with one attached hydrogen (secondary N) is 1. The van der Waals surface area contributed by atoms with E-state index in [1.165, 1.54) is 30.3 Å². The molecular weight excluding hydrogens is 373 g/mol. The fourth-order valence-electron chi connectivity index (χ4n) is 1.64. The molecule has 0 bridgehead atoms. The number of aromatic carboxylic acids is 1. The van der Waals surface area contributed by atoms with Crippen LogP contribution < -0.4 is 4.72 Å². The maximum atomic E-state index is 12.3. The van der Waals surface area contributed by atoms with E-state index in [1.54, 1.807) is 0 Å². The maximum Gasteiger partial charge on any atom is 0.337 e. The molecule has 2 aromatic rings. The number of hydrogen-bond acceptors (Lipinski definition) is 3. The Morgan fingerprint density at radius 1 is 1.00 bits per heavy atom. The summed E-state index contributed by atoms with van der Waals surface area (Å²) in [6, 6.07) is 7.51. The molecule has 116 valence electrons. The number of halogens is 3. The van der Waals surface area contributed by atoms with Crippen molar-refractivity contribution in [1.82, 2.24) is 0 Å². The molecule has 0 amide bonds. The Morgan fingerprint density at radius 3 is 2.27 bits per heavy atom. The Bertz CT molecular complexity index is 852. The van der Waals surface area contributed by atoms with Crippen molar-refractivity contribution in [1.29, 1.82) is 0 Å². The van der Waals surface area contributed by atoms with E-state index >= 15 is 0 Å². The van der Waals surface area contributed by atoms with Gasteiger partial charge in [0.05, 0.1) is 26.2 Å². The summed E-state index contributed by atoms with van der Waals surface area (Å²) in [6.07, 6.45) is 0. The molecule has 0 spiro atoms. The van der Waals surface area contributed by atoms with E-state index < -0.39 is 16.0 Å². The Labute approximate surface area is 141 Å². The van der Waals surface area contributed by atoms with Gasteiger partial charge in [-0.1, -0.05) is 34.8 Å². The summed E-state index contributed by atoms with van der Waals surface area (Å²) in [5.74, 6) is -1.29. The van der Waals surface area contributed by atoms with Crippen LogP contribution in [0.25, 0.3) is 0 Å². The largest absolute Gasteiger partial charge is 0.478 e. The summed E-state index contributed by atoms with van der Waals surface area (Å²) in [4.78, 5) is 11.0. The van der Waals surface area contributed by atoms with Gasteiger partial charge in [-0.3, -0.25) is 4.72 Å². The van der Waals surface area contributed by atoms with E-state index in [0.29, 0.717) is 0 Å². The Hall–Kier alpha value is -1.47. The fraction of sp³-hybridized carbons (Fsp3) is 0. The first-order valence-corrected chi connectivity index (χ1v) is 8.33. The molecule has 22 heavy (non-hydrogen) atoms. The van der Waals surface area contributed by atoms with Crippen LogP contribution in [0.3, 0.4) is 0 Å². The Balaban J connectivity index is 2.47. The normalized spacial score (nSPS) is 11.2. The quantitative estimate of drug-likeness (QED) is 0.835. The predicted molar refractivity (Wildman–Crippen MR) is 85.7 cm³/mol. The minimum atomic E-state index is -4.04. The zero-order valence-corrected chi connectivity index (χ0v) is 13.8. The molecular formula is C13H8Cl3NO4S. The lowest BCUT2D eigenvalue weighted by molar-refractivity contribution is 0.0698. The molecule has 0 fully saturated rings. The zero-order valence-electron chi connectivity index (χ0n) is 10.7. The van der Waals surface area contributed by atoms with E-state index in [2.05, 4.69) is 4.72 Å². The summed E-state index contributed by atoms with van der Waals surface area (Å²) in [7, 11) is -4.04. The van der Waals surface area contributed by atoms with Crippen LogP contribution in [-0.4, -0.2) is 19.5 Å². The molecule has 0 aliphatic carbocycles. The first-order chi connectivity index (χ1) is 10.2. The summed E-state index contributed by atoms with van der Waals surface area (Å²) in [5.41, 5.74) is -0.376. The van der Waals surface area contributed by atoms with Crippen molar-refractivity contribution in [2.75, 3.05) is 4.72 Å². The molecule has 2 aromatic carbocycles. The minimum absolute atomic E-state index is 0.0640. The summed E-state index contributed by atoms with van der Waals surface area (Å²) >= 11 is 17.3. The van der Waals surface area contributed by atoms with Gasteiger partial charge in [-0.05, 0) is 36.4 Å². The summed E-state index contributed by atoms with van der Waals surface area (Å²) < 4.78 is 26.8. The average Bonchev–Trinajstić information content (AvgIpc) is 2.41. The summed E-state index contributed by atoms with van der Waals surface area (Å²) in [6.45, 7) is 0. The van der Waals surface area contributed by atoms with Crippen LogP contribution in [0.1, 0.15) is 10.4 Å². The van der Waals surface area contributed by atoms with Gasteiger partial charge in [-0.15, -0.1) is 0 Å². The van der Waals surface area contributed by atoms with Crippen LogP contribution in [-0.2, 0) is 10.0 Å². The molecule has 9 heteroatoms. The molecule has 2 rings (SSSR count). The van der Waals surface area contributed by atoms with E-state index in [1.807, 2.05) is 0 Å². The number of carboxylic acid groups (broad SMARTS) is 1. The van der Waals surface area contributed by atoms with Crippen LogP contribution in [0.5, 0.6) is 0 Å². The first kappa shape index (κ1) is 16.9. The molecule has 0 aliphatic heterocycles. The van der Waals surface area contributed by atoms with E-state index in [-0.39, 0.29) is 31.2 Å². The van der Waals surface area contributed by atoms with Crippen LogP contribution in [0.2, 0.25) is 15.1 Å². The number of anilines is 1. The second-order valence-electron chi connectivity index (χ2n) is 4.18. The van der Waals surface area contributed by atoms with Gasteiger partial charge in [0.15, 0.2) is 0 Å². The first-order valence-electron chi connectivity index (χ1n) is 5.71. The van der Waals surface area contributed by atoms with E-state index in [9.17, 15) is 13.2 Å². The number of hydrogen-bond donors (Lipinski definition) is 2. The van der Waals surface area contributed by atoms with Gasteiger partial charge >= 0.3 is 5.97 Å². The average molecular weight is 381 g/mol. The lowest BCUT2D eigenvalue weighted by atomic mass is 10.2. The molecule has 5 nitrogen and oxygen atoms in total. The second kappa shape index (κ2) is 6.34. The van der Waals surface area contributed by atoms with Crippen molar-refractivity contribution >= 4 is 56.5 Å². The topological polar surface area (TPSA) is 83.5 Å². The number of benzene rings is 2. The Kier molecular flexibility index (Phi) is 4.87. The molecule has 0 radical (unpaired) electrons. The van der Waals surface area contributed by atoms with Crippen molar-refractivity contribution < 1.29 is 18.3 Å². The molecule has 0 saturated heterocycles. The smallest absolute Gasteiger partial charge is 0.337 e. The standard InChI is InChI=1S/C13H8Cl3NO4S/c14-7-1-3-9(13(18)19)12(5-7)17-22(20,21)8-2-4-10(15)11(16)6-8/h1-6,17H,(H,18,19). The molecule has 0 atom stereocenters. The highest BCUT2D eigenvalue weighted by Crippen LogP contribution is 2.28. The summed E-state index contributed by atoms with van der Waals surface area (Å²) in [5, 5.41) is 9.55. The van der Waals surface area contributed by atoms with Gasteiger partial charge in [0.2, 0.25) is 0 Å². The third-order valence-electron chi connectivity index (χ3n) is 2.66. The maximum absolute atomic E-state index is 12.3. The van der Waals surface area contributed by atoms with Crippen molar-refractivity contribution in [3.8, 4) is 0 Å². The second-order valence-corrected chi connectivity index (χ2v) is 7.11. The molecule has 2 N–H and O–H groups in total. The molecule has 0 heterocycles. The van der Waals surface area contributed by atoms with Gasteiger partial charge in [0.25, 0.3) is 10.0 Å². The zero-order chi connectivity index (χ0) is 16.5. The van der Waals surface area contributed by atoms with Crippen molar-refractivity contribution in [3.05, 3.63) is 57.0 Å². The molecule has 0 unspecified atom stereocenters. The lowest BCUT2D eigenvalue weighted by Gasteiger charge is -2.11. The Morgan fingerprint density at radius 2 is 1.68 bits per heavy atom. The van der Waals surface area contributed by atoms with Gasteiger partial charge in [-0.25, -0.2) is 13.2 Å². The van der Waals surface area contributed by atoms with Gasteiger partial charge in [0.1, 0.15) is 0 Å². The van der Waals surface area contributed by atoms with Crippen LogP contribution >= 0.6 is 34.8 Å². The highest BCUT2D eigenvalue weighted by atomic mass is 35.5. The number of carboxylic acids is 1. The highest BCUT2D eigenvalue weighted by molar-refractivity contribution is 7.92. The third-order valence-corrected chi connectivity index (χ3v) is 5.00. The highest BCUT2D eigenvalue weighted by Gasteiger charge is 2.19. The predicted octanol–water partition coefficient (Wildman–Crippen LogP) is 4.15. The van der Waals surface area contributed by atoms with Crippen molar-refractivity contribution in [2.45, 2.75) is 4.90 Å². The monoisotopic (exact) mass is 379 g/mol. The van der Waals surface area contributed by atoms with E-state index in [0.717, 1.165) is 6.07 Å². The van der Waals surface area contributed by atoms with Gasteiger partial charge in [0, 0.05) is 5.02 Å². The van der Waals surface area contributed by atoms with Gasteiger partial charge in [-0.2, -0.15) is 0 Å². The van der Waals surface area contributed by atoms with Gasteiger partial charge < -0.3 is 5.11 Å². The molecule has 0 saturated carbocycles. The van der Waals surface area contributed by atoms with Crippen molar-refractivity contribution in [2.24, 2.45) is 0 Å². The minimum Gasteiger partial charge on any atom is -0.478 e. The SMILES string of the molecule is O=C(O)c1ccc(Cl)cc1NS(=O)(=O)c1ccc(Cl)c(Cl)c1. The van der Waals surface area contributed by atoms with Crippen LogP contribution in [0.4, 0.5) is 5.69 Å². The van der Waals surface area contributed by atoms with Crippen LogP contribution in [0.15, 0.2) is 41.3 Å². The van der Waals surface area contributed by atoms with E-state index in [4.69, 9.17) is 39.9 Å². The number of carbonyl (C=O) groups is 1.